The first-order valence-corrected chi connectivity index (χ1v) is 7.62. The van der Waals surface area contributed by atoms with Crippen LogP contribution in [0.5, 0.6) is 5.75 Å². The van der Waals surface area contributed by atoms with Crippen LogP contribution < -0.4 is 9.54 Å². The number of thiazole rings is 1. The lowest BCUT2D eigenvalue weighted by Gasteiger charge is -2.06. The van der Waals surface area contributed by atoms with E-state index in [0.717, 1.165) is 15.0 Å². The number of para-hydroxylation sites is 2. The molecule has 118 valence electrons. The lowest BCUT2D eigenvalue weighted by atomic mass is 10.2. The zero-order chi connectivity index (χ0) is 16.2. The molecule has 0 spiro atoms. The van der Waals surface area contributed by atoms with Gasteiger partial charge in [-0.1, -0.05) is 35.6 Å². The van der Waals surface area contributed by atoms with Crippen LogP contribution in [0.3, 0.4) is 0 Å². The SMILES string of the molecule is Cn1c(=NN=Cc2ccccc2OC(F)F)sc2ccccc21. The van der Waals surface area contributed by atoms with Gasteiger partial charge >= 0.3 is 6.61 Å². The first kappa shape index (κ1) is 15.4. The molecule has 0 aliphatic heterocycles. The average molecular weight is 333 g/mol. The highest BCUT2D eigenvalue weighted by Gasteiger charge is 2.07. The number of hydrogen-bond donors (Lipinski definition) is 0. The van der Waals surface area contributed by atoms with Gasteiger partial charge in [0.15, 0.2) is 0 Å². The predicted molar refractivity (Wildman–Crippen MR) is 87.0 cm³/mol. The number of alkyl halides is 2. The second-order valence-corrected chi connectivity index (χ2v) is 5.68. The standard InChI is InChI=1S/C16H13F2N3OS/c1-21-12-7-3-5-9-14(12)23-16(21)20-19-10-11-6-2-4-8-13(11)22-15(17)18/h2-10,15H,1H3. The zero-order valence-electron chi connectivity index (χ0n) is 12.2. The number of aromatic nitrogens is 1. The molecule has 3 aromatic rings. The maximum atomic E-state index is 12.4. The third kappa shape index (κ3) is 3.45. The largest absolute Gasteiger partial charge is 0.434 e. The molecule has 1 aromatic heterocycles. The van der Waals surface area contributed by atoms with Crippen molar-refractivity contribution in [3.8, 4) is 5.75 Å². The van der Waals surface area contributed by atoms with Gasteiger partial charge in [0, 0.05) is 12.6 Å². The Hall–Kier alpha value is -2.54. The van der Waals surface area contributed by atoms with Gasteiger partial charge in [0.2, 0.25) is 4.80 Å². The van der Waals surface area contributed by atoms with Crippen LogP contribution in [0.25, 0.3) is 10.2 Å². The van der Waals surface area contributed by atoms with Crippen molar-refractivity contribution < 1.29 is 13.5 Å². The van der Waals surface area contributed by atoms with E-state index in [1.54, 1.807) is 18.2 Å². The summed E-state index contributed by atoms with van der Waals surface area (Å²) in [6.45, 7) is -2.87. The third-order valence-corrected chi connectivity index (χ3v) is 4.29. The van der Waals surface area contributed by atoms with Crippen molar-refractivity contribution in [3.63, 3.8) is 0 Å². The normalized spacial score (nSPS) is 12.6. The van der Waals surface area contributed by atoms with Crippen LogP contribution in [0.4, 0.5) is 8.78 Å². The van der Waals surface area contributed by atoms with Crippen molar-refractivity contribution in [1.82, 2.24) is 4.57 Å². The van der Waals surface area contributed by atoms with Gasteiger partial charge < -0.3 is 9.30 Å². The average Bonchev–Trinajstić information content (AvgIpc) is 2.85. The lowest BCUT2D eigenvalue weighted by molar-refractivity contribution is -0.0499. The number of benzene rings is 2. The molecule has 0 radical (unpaired) electrons. The first-order valence-electron chi connectivity index (χ1n) is 6.80. The maximum absolute atomic E-state index is 12.4. The highest BCUT2D eigenvalue weighted by molar-refractivity contribution is 7.16. The molecule has 0 saturated carbocycles. The van der Waals surface area contributed by atoms with E-state index >= 15 is 0 Å². The van der Waals surface area contributed by atoms with Crippen LogP contribution in [-0.2, 0) is 7.05 Å². The molecule has 7 heteroatoms. The molecule has 4 nitrogen and oxygen atoms in total. The molecule has 0 atom stereocenters. The number of halogens is 2. The highest BCUT2D eigenvalue weighted by Crippen LogP contribution is 2.18. The predicted octanol–water partition coefficient (Wildman–Crippen LogP) is 3.78. The van der Waals surface area contributed by atoms with E-state index in [-0.39, 0.29) is 5.75 Å². The molecule has 3 rings (SSSR count). The second kappa shape index (κ2) is 6.70. The number of aryl methyl sites for hydroxylation is 1. The van der Waals surface area contributed by atoms with Gasteiger partial charge in [0.25, 0.3) is 0 Å². The molecular formula is C16H13F2N3OS. The summed E-state index contributed by atoms with van der Waals surface area (Å²) in [6, 6.07) is 14.4. The maximum Gasteiger partial charge on any atom is 0.387 e. The van der Waals surface area contributed by atoms with Gasteiger partial charge in [0.05, 0.1) is 16.4 Å². The van der Waals surface area contributed by atoms with E-state index in [0.29, 0.717) is 5.56 Å². The van der Waals surface area contributed by atoms with E-state index in [2.05, 4.69) is 14.9 Å². The Morgan fingerprint density at radius 3 is 2.65 bits per heavy atom. The summed E-state index contributed by atoms with van der Waals surface area (Å²) in [4.78, 5) is 0.717. The molecule has 0 saturated heterocycles. The van der Waals surface area contributed by atoms with E-state index in [1.165, 1.54) is 23.6 Å². The fourth-order valence-corrected chi connectivity index (χ4v) is 3.08. The Morgan fingerprint density at radius 1 is 1.13 bits per heavy atom. The quantitative estimate of drug-likeness (QED) is 0.529. The van der Waals surface area contributed by atoms with Crippen LogP contribution >= 0.6 is 11.3 Å². The molecule has 0 N–H and O–H groups in total. The monoisotopic (exact) mass is 333 g/mol. The molecular weight excluding hydrogens is 320 g/mol. The molecule has 2 aromatic carbocycles. The summed E-state index contributed by atoms with van der Waals surface area (Å²) >= 11 is 1.51. The van der Waals surface area contributed by atoms with Crippen molar-refractivity contribution in [3.05, 3.63) is 58.9 Å². The van der Waals surface area contributed by atoms with Crippen LogP contribution in [-0.4, -0.2) is 17.4 Å². The molecule has 23 heavy (non-hydrogen) atoms. The molecule has 0 bridgehead atoms. The Labute approximate surface area is 135 Å². The van der Waals surface area contributed by atoms with E-state index in [1.807, 2.05) is 35.9 Å². The highest BCUT2D eigenvalue weighted by atomic mass is 32.1. The van der Waals surface area contributed by atoms with Crippen molar-refractivity contribution in [1.29, 1.82) is 0 Å². The number of nitrogens with zero attached hydrogens (tertiary/aromatic N) is 3. The molecule has 0 aliphatic carbocycles. The first-order chi connectivity index (χ1) is 11.1. The van der Waals surface area contributed by atoms with Crippen molar-refractivity contribution >= 4 is 27.8 Å². The second-order valence-electron chi connectivity index (χ2n) is 4.67. The summed E-state index contributed by atoms with van der Waals surface area (Å²) in [7, 11) is 1.90. The van der Waals surface area contributed by atoms with Gasteiger partial charge in [-0.05, 0) is 24.3 Å². The summed E-state index contributed by atoms with van der Waals surface area (Å²) in [5.74, 6) is 0.0714. The molecule has 0 fully saturated rings. The topological polar surface area (TPSA) is 38.9 Å². The van der Waals surface area contributed by atoms with Gasteiger partial charge in [-0.3, -0.25) is 0 Å². The lowest BCUT2D eigenvalue weighted by Crippen LogP contribution is -2.09. The summed E-state index contributed by atoms with van der Waals surface area (Å²) in [5, 5.41) is 8.17. The number of fused-ring (bicyclic) bond motifs is 1. The van der Waals surface area contributed by atoms with E-state index in [9.17, 15) is 8.78 Å². The molecule has 0 aliphatic rings. The Kier molecular flexibility index (Phi) is 4.47. The van der Waals surface area contributed by atoms with Gasteiger partial charge in [-0.25, -0.2) is 0 Å². The number of rotatable bonds is 4. The van der Waals surface area contributed by atoms with Gasteiger partial charge in [0.1, 0.15) is 5.75 Å². The fraction of sp³-hybridized carbons (Fsp3) is 0.125. The zero-order valence-corrected chi connectivity index (χ0v) is 13.0. The van der Waals surface area contributed by atoms with Crippen LogP contribution in [0.2, 0.25) is 0 Å². The summed E-state index contributed by atoms with van der Waals surface area (Å²) in [5.41, 5.74) is 1.51. The summed E-state index contributed by atoms with van der Waals surface area (Å²) in [6.07, 6.45) is 1.40. The van der Waals surface area contributed by atoms with Crippen molar-refractivity contribution in [2.75, 3.05) is 0 Å². The van der Waals surface area contributed by atoms with Gasteiger partial charge in [-0.15, -0.1) is 5.10 Å². The van der Waals surface area contributed by atoms with Crippen molar-refractivity contribution in [2.45, 2.75) is 6.61 Å². The number of hydrogen-bond acceptors (Lipinski definition) is 4. The molecule has 0 amide bonds. The molecule has 0 unspecified atom stereocenters. The Bertz CT molecular complexity index is 915. The third-order valence-electron chi connectivity index (χ3n) is 3.19. The van der Waals surface area contributed by atoms with Gasteiger partial charge in [-0.2, -0.15) is 13.9 Å². The van der Waals surface area contributed by atoms with E-state index in [4.69, 9.17) is 0 Å². The minimum atomic E-state index is -2.87. The summed E-state index contributed by atoms with van der Waals surface area (Å²) < 4.78 is 32.2. The van der Waals surface area contributed by atoms with E-state index < -0.39 is 6.61 Å². The minimum Gasteiger partial charge on any atom is -0.434 e. The van der Waals surface area contributed by atoms with Crippen molar-refractivity contribution in [2.24, 2.45) is 17.3 Å². The van der Waals surface area contributed by atoms with Crippen LogP contribution in [0.1, 0.15) is 5.56 Å². The fourth-order valence-electron chi connectivity index (χ4n) is 2.11. The number of ether oxygens (including phenoxy) is 1. The smallest absolute Gasteiger partial charge is 0.387 e. The minimum absolute atomic E-state index is 0.0714. The van der Waals surface area contributed by atoms with Crippen LogP contribution in [0, 0.1) is 0 Å². The molecule has 1 heterocycles. The Morgan fingerprint density at radius 2 is 1.87 bits per heavy atom. The van der Waals surface area contributed by atoms with Crippen LogP contribution in [0.15, 0.2) is 58.7 Å². The Balaban J connectivity index is 1.92.